The summed E-state index contributed by atoms with van der Waals surface area (Å²) in [4.78, 5) is 26.1. The molecule has 5 rings (SSSR count). The molecule has 14 heteroatoms. The first-order valence-electron chi connectivity index (χ1n) is 13.0. The van der Waals surface area contributed by atoms with Crippen LogP contribution in [0.2, 0.25) is 5.02 Å². The van der Waals surface area contributed by atoms with E-state index in [2.05, 4.69) is 10.0 Å². The van der Waals surface area contributed by atoms with Crippen LogP contribution in [0.3, 0.4) is 0 Å². The van der Waals surface area contributed by atoms with Crippen molar-refractivity contribution in [1.82, 2.24) is 13.7 Å². The van der Waals surface area contributed by atoms with Crippen LogP contribution in [0.25, 0.3) is 5.69 Å². The van der Waals surface area contributed by atoms with E-state index in [9.17, 15) is 26.4 Å². The Bertz CT molecular complexity index is 1950. The quantitative estimate of drug-likeness (QED) is 0.302. The fourth-order valence-corrected chi connectivity index (χ4v) is 7.59. The number of hydrogen-bond donors (Lipinski definition) is 2. The molecule has 0 unspecified atom stereocenters. The van der Waals surface area contributed by atoms with Gasteiger partial charge in [-0.25, -0.2) is 21.5 Å². The van der Waals surface area contributed by atoms with Crippen LogP contribution >= 0.6 is 11.6 Å². The zero-order chi connectivity index (χ0) is 30.2. The second kappa shape index (κ2) is 11.4. The minimum Gasteiger partial charge on any atom is -0.321 e. The van der Waals surface area contributed by atoms with Crippen LogP contribution in [0.15, 0.2) is 87.4 Å². The summed E-state index contributed by atoms with van der Waals surface area (Å²) < 4.78 is 59.3. The Morgan fingerprint density at radius 2 is 1.57 bits per heavy atom. The number of nitrogens with zero attached hydrogens (tertiary/aromatic N) is 3. The summed E-state index contributed by atoms with van der Waals surface area (Å²) in [6.07, 6.45) is 1.55. The number of benzene rings is 3. The predicted molar refractivity (Wildman–Crippen MR) is 160 cm³/mol. The molecule has 3 aromatic carbocycles. The minimum atomic E-state index is -4.28. The fourth-order valence-electron chi connectivity index (χ4n) is 4.72. The van der Waals surface area contributed by atoms with Crippen molar-refractivity contribution in [1.29, 1.82) is 0 Å². The zero-order valence-electron chi connectivity index (χ0n) is 22.7. The molecule has 0 saturated carbocycles. The van der Waals surface area contributed by atoms with E-state index in [0.717, 1.165) is 18.9 Å². The van der Waals surface area contributed by atoms with Crippen molar-refractivity contribution in [2.45, 2.75) is 29.6 Å². The first-order valence-corrected chi connectivity index (χ1v) is 16.3. The van der Waals surface area contributed by atoms with Gasteiger partial charge in [0.2, 0.25) is 10.0 Å². The van der Waals surface area contributed by atoms with E-state index < -0.39 is 31.5 Å². The standard InChI is InChI=1S/C28H28ClN5O6S2/c1-19-26(28(36)34(32(19)2)21-10-4-3-5-11-21)31-41(37,38)22-12-8-9-20(17-22)27(35)30-25-18-23(13-14-24(25)29)42(39,40)33-15-6-7-16-33/h3-5,8-14,17-18,31H,6-7,15-16H2,1-2H3,(H,30,35). The molecule has 1 aromatic heterocycles. The lowest BCUT2D eigenvalue weighted by molar-refractivity contribution is 0.102. The topological polar surface area (TPSA) is 140 Å². The fraction of sp³-hybridized carbons (Fsp3) is 0.214. The number of para-hydroxylation sites is 1. The molecular weight excluding hydrogens is 602 g/mol. The number of carbonyl (C=O) groups excluding carboxylic acids is 1. The van der Waals surface area contributed by atoms with Crippen molar-refractivity contribution >= 4 is 48.9 Å². The number of rotatable bonds is 8. The van der Waals surface area contributed by atoms with E-state index in [1.165, 1.54) is 45.4 Å². The van der Waals surface area contributed by atoms with Crippen LogP contribution in [0, 0.1) is 6.92 Å². The summed E-state index contributed by atoms with van der Waals surface area (Å²) in [5.74, 6) is -0.702. The van der Waals surface area contributed by atoms with Gasteiger partial charge in [-0.1, -0.05) is 35.9 Å². The van der Waals surface area contributed by atoms with Crippen LogP contribution in [-0.2, 0) is 27.1 Å². The molecule has 2 heterocycles. The third-order valence-corrected chi connectivity index (χ3v) is 10.7. The highest BCUT2D eigenvalue weighted by Gasteiger charge is 2.28. The maximum atomic E-state index is 13.3. The monoisotopic (exact) mass is 629 g/mol. The van der Waals surface area contributed by atoms with Crippen molar-refractivity contribution in [2.75, 3.05) is 23.1 Å². The molecule has 0 spiro atoms. The average Bonchev–Trinajstić information content (AvgIpc) is 3.59. The molecule has 11 nitrogen and oxygen atoms in total. The largest absolute Gasteiger partial charge is 0.321 e. The second-order valence-corrected chi connectivity index (χ2v) is 13.8. The van der Waals surface area contributed by atoms with Gasteiger partial charge >= 0.3 is 0 Å². The van der Waals surface area contributed by atoms with Crippen molar-refractivity contribution in [3.05, 3.63) is 99.4 Å². The molecule has 42 heavy (non-hydrogen) atoms. The summed E-state index contributed by atoms with van der Waals surface area (Å²) in [5, 5.41) is 2.69. The molecule has 4 aromatic rings. The molecule has 220 valence electrons. The van der Waals surface area contributed by atoms with Gasteiger partial charge in [-0.2, -0.15) is 4.31 Å². The lowest BCUT2D eigenvalue weighted by atomic mass is 10.2. The highest BCUT2D eigenvalue weighted by Crippen LogP contribution is 2.29. The predicted octanol–water partition coefficient (Wildman–Crippen LogP) is 3.98. The Hall–Kier alpha value is -3.91. The van der Waals surface area contributed by atoms with Crippen molar-refractivity contribution in [2.24, 2.45) is 7.05 Å². The molecular formula is C28H28ClN5O6S2. The van der Waals surface area contributed by atoms with Crippen LogP contribution in [0.5, 0.6) is 0 Å². The molecule has 1 aliphatic heterocycles. The lowest BCUT2D eigenvalue weighted by Gasteiger charge is -2.17. The maximum absolute atomic E-state index is 13.3. The summed E-state index contributed by atoms with van der Waals surface area (Å²) in [6.45, 7) is 2.46. The number of amides is 1. The van der Waals surface area contributed by atoms with Gasteiger partial charge in [-0.15, -0.1) is 0 Å². The minimum absolute atomic E-state index is 0.0102. The highest BCUT2D eigenvalue weighted by molar-refractivity contribution is 7.92. The van der Waals surface area contributed by atoms with E-state index in [0.29, 0.717) is 24.5 Å². The van der Waals surface area contributed by atoms with Gasteiger partial charge in [0.05, 0.1) is 31.9 Å². The SMILES string of the molecule is Cc1c(NS(=O)(=O)c2cccc(C(=O)Nc3cc(S(=O)(=O)N4CCCC4)ccc3Cl)c2)c(=O)n(-c2ccccc2)n1C. The van der Waals surface area contributed by atoms with Crippen LogP contribution in [-0.4, -0.2) is 49.5 Å². The number of aromatic nitrogens is 2. The summed E-state index contributed by atoms with van der Waals surface area (Å²) in [5.41, 5.74) is 0.312. The molecule has 1 amide bonds. The third kappa shape index (κ3) is 5.60. The normalized spacial score (nSPS) is 14.2. The Kier molecular flexibility index (Phi) is 8.03. The Morgan fingerprint density at radius 1 is 0.881 bits per heavy atom. The number of anilines is 2. The smallest absolute Gasteiger partial charge is 0.296 e. The zero-order valence-corrected chi connectivity index (χ0v) is 25.1. The van der Waals surface area contributed by atoms with E-state index in [1.807, 2.05) is 0 Å². The summed E-state index contributed by atoms with van der Waals surface area (Å²) in [6, 6.07) is 18.1. The van der Waals surface area contributed by atoms with Crippen LogP contribution in [0.4, 0.5) is 11.4 Å². The number of carbonyl (C=O) groups is 1. The molecule has 2 N–H and O–H groups in total. The molecule has 1 fully saturated rings. The van der Waals surface area contributed by atoms with Gasteiger partial charge in [-0.3, -0.25) is 19.0 Å². The van der Waals surface area contributed by atoms with E-state index in [1.54, 1.807) is 49.0 Å². The number of halogens is 1. The lowest BCUT2D eigenvalue weighted by Crippen LogP contribution is -2.28. The summed E-state index contributed by atoms with van der Waals surface area (Å²) >= 11 is 6.26. The first kappa shape index (κ1) is 29.6. The van der Waals surface area contributed by atoms with E-state index in [4.69, 9.17) is 11.6 Å². The number of hydrogen-bond acceptors (Lipinski definition) is 6. The molecule has 0 radical (unpaired) electrons. The highest BCUT2D eigenvalue weighted by atomic mass is 35.5. The van der Waals surface area contributed by atoms with Crippen LogP contribution in [0.1, 0.15) is 28.9 Å². The van der Waals surface area contributed by atoms with Gasteiger partial charge in [-0.05, 0) is 68.3 Å². The van der Waals surface area contributed by atoms with Gasteiger partial charge in [0.25, 0.3) is 21.5 Å². The second-order valence-electron chi connectivity index (χ2n) is 9.78. The number of nitrogens with one attached hydrogen (secondary N) is 2. The average molecular weight is 630 g/mol. The number of sulfonamides is 2. The van der Waals surface area contributed by atoms with Crippen molar-refractivity contribution in [3.8, 4) is 5.69 Å². The maximum Gasteiger partial charge on any atom is 0.296 e. The summed E-state index contributed by atoms with van der Waals surface area (Å²) in [7, 11) is -6.40. The molecule has 0 bridgehead atoms. The van der Waals surface area contributed by atoms with Gasteiger partial charge in [0, 0.05) is 25.7 Å². The van der Waals surface area contributed by atoms with Crippen LogP contribution < -0.4 is 15.6 Å². The van der Waals surface area contributed by atoms with Gasteiger partial charge in [0.1, 0.15) is 5.69 Å². The molecule has 0 atom stereocenters. The van der Waals surface area contributed by atoms with E-state index >= 15 is 0 Å². The molecule has 1 saturated heterocycles. The third-order valence-electron chi connectivity index (χ3n) is 7.09. The van der Waals surface area contributed by atoms with Crippen molar-refractivity contribution in [3.63, 3.8) is 0 Å². The van der Waals surface area contributed by atoms with Gasteiger partial charge < -0.3 is 5.32 Å². The Balaban J connectivity index is 1.40. The van der Waals surface area contributed by atoms with Gasteiger partial charge in [0.15, 0.2) is 0 Å². The molecule has 1 aliphatic rings. The van der Waals surface area contributed by atoms with Crippen molar-refractivity contribution < 1.29 is 21.6 Å². The first-order chi connectivity index (χ1) is 19.9. The molecule has 0 aliphatic carbocycles. The Labute approximate surface area is 248 Å². The van der Waals surface area contributed by atoms with E-state index in [-0.39, 0.29) is 31.8 Å². The Morgan fingerprint density at radius 3 is 2.26 bits per heavy atom.